The Morgan fingerprint density at radius 2 is 2.11 bits per heavy atom. The summed E-state index contributed by atoms with van der Waals surface area (Å²) in [6, 6.07) is 7.09. The Hall–Kier alpha value is -1.49. The lowest BCUT2D eigenvalue weighted by atomic mass is 10.1. The summed E-state index contributed by atoms with van der Waals surface area (Å²) in [7, 11) is 0. The van der Waals surface area contributed by atoms with Gasteiger partial charge in [0.2, 0.25) is 5.91 Å². The highest BCUT2D eigenvalue weighted by Crippen LogP contribution is 2.20. The summed E-state index contributed by atoms with van der Waals surface area (Å²) < 4.78 is 0. The fraction of sp³-hybridized carbons (Fsp3) is 0.385. The number of carboxylic acid groups (broad SMARTS) is 1. The summed E-state index contributed by atoms with van der Waals surface area (Å²) in [4.78, 5) is 24.4. The van der Waals surface area contributed by atoms with Crippen molar-refractivity contribution in [1.82, 2.24) is 4.90 Å². The lowest BCUT2D eigenvalue weighted by Gasteiger charge is -2.32. The second-order valence-electron chi connectivity index (χ2n) is 4.38. The summed E-state index contributed by atoms with van der Waals surface area (Å²) in [6.07, 6.45) is 0. The maximum Gasteiger partial charge on any atom is 0.327 e. The van der Waals surface area contributed by atoms with E-state index >= 15 is 0 Å². The molecular weight excluding hydrogens is 250 g/mol. The third kappa shape index (κ3) is 2.85. The van der Waals surface area contributed by atoms with Crippen molar-refractivity contribution in [2.45, 2.75) is 19.5 Å². The van der Waals surface area contributed by atoms with Gasteiger partial charge in [-0.05, 0) is 12.5 Å². The van der Waals surface area contributed by atoms with Gasteiger partial charge in [-0.2, -0.15) is 0 Å². The molecule has 0 radical (unpaired) electrons. The van der Waals surface area contributed by atoms with Gasteiger partial charge in [0.15, 0.2) is 0 Å². The Bertz CT molecular complexity index is 458. The van der Waals surface area contributed by atoms with Crippen LogP contribution in [0.5, 0.6) is 0 Å². The van der Waals surface area contributed by atoms with Crippen LogP contribution in [0.1, 0.15) is 11.1 Å². The molecule has 1 unspecified atom stereocenters. The van der Waals surface area contributed by atoms with Crippen LogP contribution >= 0.6 is 11.8 Å². The topological polar surface area (TPSA) is 57.6 Å². The zero-order chi connectivity index (χ0) is 13.1. The average Bonchev–Trinajstić information content (AvgIpc) is 2.34. The lowest BCUT2D eigenvalue weighted by molar-refractivity contribution is -0.149. The molecule has 1 amide bonds. The molecule has 0 spiro atoms. The van der Waals surface area contributed by atoms with E-state index < -0.39 is 12.0 Å². The fourth-order valence-electron chi connectivity index (χ4n) is 1.90. The Morgan fingerprint density at radius 3 is 2.72 bits per heavy atom. The van der Waals surface area contributed by atoms with Gasteiger partial charge >= 0.3 is 5.97 Å². The molecule has 18 heavy (non-hydrogen) atoms. The van der Waals surface area contributed by atoms with Crippen molar-refractivity contribution in [2.24, 2.45) is 0 Å². The zero-order valence-electron chi connectivity index (χ0n) is 10.1. The minimum absolute atomic E-state index is 0.0979. The number of rotatable bonds is 3. The molecule has 5 heteroatoms. The number of hydrogen-bond acceptors (Lipinski definition) is 3. The van der Waals surface area contributed by atoms with Gasteiger partial charge in [0.1, 0.15) is 6.04 Å². The number of carboxylic acids is 1. The largest absolute Gasteiger partial charge is 0.480 e. The number of hydrogen-bond donors (Lipinski definition) is 1. The van der Waals surface area contributed by atoms with E-state index in [-0.39, 0.29) is 5.91 Å². The molecule has 1 aromatic rings. The van der Waals surface area contributed by atoms with Gasteiger partial charge in [-0.3, -0.25) is 4.79 Å². The number of amides is 1. The van der Waals surface area contributed by atoms with Crippen molar-refractivity contribution < 1.29 is 14.7 Å². The molecule has 1 aromatic carbocycles. The van der Waals surface area contributed by atoms with E-state index in [1.165, 1.54) is 16.7 Å². The molecule has 1 heterocycles. The molecule has 1 N–H and O–H groups in total. The van der Waals surface area contributed by atoms with E-state index in [1.54, 1.807) is 0 Å². The van der Waals surface area contributed by atoms with E-state index in [0.29, 0.717) is 18.1 Å². The minimum atomic E-state index is -0.928. The smallest absolute Gasteiger partial charge is 0.327 e. The molecule has 0 aromatic heterocycles. The molecule has 1 saturated heterocycles. The van der Waals surface area contributed by atoms with Crippen LogP contribution in [0.3, 0.4) is 0 Å². The Labute approximate surface area is 110 Å². The fourth-order valence-corrected chi connectivity index (χ4v) is 2.90. The van der Waals surface area contributed by atoms with E-state index in [1.807, 2.05) is 31.2 Å². The first-order valence-corrected chi connectivity index (χ1v) is 6.89. The predicted molar refractivity (Wildman–Crippen MR) is 70.5 cm³/mol. The first-order valence-electron chi connectivity index (χ1n) is 5.73. The van der Waals surface area contributed by atoms with E-state index in [4.69, 9.17) is 5.11 Å². The number of aliphatic carboxylic acids is 1. The van der Waals surface area contributed by atoms with Crippen LogP contribution < -0.4 is 0 Å². The zero-order valence-corrected chi connectivity index (χ0v) is 10.9. The number of nitrogens with zero attached hydrogens (tertiary/aromatic N) is 1. The molecule has 0 bridgehead atoms. The first-order chi connectivity index (χ1) is 8.58. The maximum absolute atomic E-state index is 11.8. The molecule has 1 atom stereocenters. The molecule has 0 aliphatic carbocycles. The van der Waals surface area contributed by atoms with Crippen molar-refractivity contribution in [1.29, 1.82) is 0 Å². The first kappa shape index (κ1) is 13.0. The molecule has 1 aliphatic rings. The summed E-state index contributed by atoms with van der Waals surface area (Å²) in [6.45, 7) is 2.36. The van der Waals surface area contributed by atoms with Crippen LogP contribution in [0, 0.1) is 6.92 Å². The van der Waals surface area contributed by atoms with Gasteiger partial charge < -0.3 is 10.0 Å². The van der Waals surface area contributed by atoms with Crippen LogP contribution in [-0.4, -0.2) is 39.4 Å². The molecule has 1 fully saturated rings. The average molecular weight is 265 g/mol. The predicted octanol–water partition coefficient (Wildman–Crippen LogP) is 1.52. The highest BCUT2D eigenvalue weighted by Gasteiger charge is 2.33. The maximum atomic E-state index is 11.8. The normalized spacial score (nSPS) is 19.9. The van der Waals surface area contributed by atoms with Crippen LogP contribution in [0.4, 0.5) is 0 Å². The lowest BCUT2D eigenvalue weighted by Crippen LogP contribution is -2.50. The third-order valence-corrected chi connectivity index (χ3v) is 3.96. The summed E-state index contributed by atoms with van der Waals surface area (Å²) in [5.41, 5.74) is 2.11. The Balaban J connectivity index is 2.15. The molecule has 4 nitrogen and oxygen atoms in total. The number of aryl methyl sites for hydroxylation is 1. The summed E-state index contributed by atoms with van der Waals surface area (Å²) in [5.74, 6) is -0.190. The number of carbonyl (C=O) groups excluding carboxylic acids is 1. The molecule has 1 aliphatic heterocycles. The number of carbonyl (C=O) groups is 2. The van der Waals surface area contributed by atoms with Gasteiger partial charge in [-0.1, -0.05) is 29.8 Å². The quantitative estimate of drug-likeness (QED) is 0.900. The van der Waals surface area contributed by atoms with E-state index in [2.05, 4.69) is 0 Å². The van der Waals surface area contributed by atoms with Crippen LogP contribution in [0.2, 0.25) is 0 Å². The van der Waals surface area contributed by atoms with E-state index in [0.717, 1.165) is 11.1 Å². The van der Waals surface area contributed by atoms with Crippen molar-refractivity contribution >= 4 is 23.6 Å². The van der Waals surface area contributed by atoms with E-state index in [9.17, 15) is 9.59 Å². The van der Waals surface area contributed by atoms with Crippen molar-refractivity contribution in [3.05, 3.63) is 35.4 Å². The standard InChI is InChI=1S/C13H15NO3S/c1-9-2-4-10(5-3-9)6-14-11(13(16)17)7-18-8-12(14)15/h2-5,11H,6-8H2,1H3,(H,16,17). The SMILES string of the molecule is Cc1ccc(CN2C(=O)CSCC2C(=O)O)cc1. The van der Waals surface area contributed by atoms with Crippen LogP contribution in [0.25, 0.3) is 0 Å². The van der Waals surface area contributed by atoms with Gasteiger partial charge in [-0.25, -0.2) is 4.79 Å². The second-order valence-corrected chi connectivity index (χ2v) is 5.41. The van der Waals surface area contributed by atoms with Gasteiger partial charge in [-0.15, -0.1) is 11.8 Å². The Morgan fingerprint density at radius 1 is 1.44 bits per heavy atom. The van der Waals surface area contributed by atoms with Crippen molar-refractivity contribution in [2.75, 3.05) is 11.5 Å². The molecule has 96 valence electrons. The third-order valence-electron chi connectivity index (χ3n) is 2.96. The second kappa shape index (κ2) is 5.44. The highest BCUT2D eigenvalue weighted by molar-refractivity contribution is 8.00. The Kier molecular flexibility index (Phi) is 3.91. The molecule has 0 saturated carbocycles. The highest BCUT2D eigenvalue weighted by atomic mass is 32.2. The van der Waals surface area contributed by atoms with Gasteiger partial charge in [0, 0.05) is 12.3 Å². The van der Waals surface area contributed by atoms with Gasteiger partial charge in [0.05, 0.1) is 5.75 Å². The summed E-state index contributed by atoms with van der Waals surface area (Å²) >= 11 is 1.38. The minimum Gasteiger partial charge on any atom is -0.480 e. The van der Waals surface area contributed by atoms with Crippen LogP contribution in [-0.2, 0) is 16.1 Å². The van der Waals surface area contributed by atoms with Crippen LogP contribution in [0.15, 0.2) is 24.3 Å². The summed E-state index contributed by atoms with van der Waals surface area (Å²) in [5, 5.41) is 9.14. The monoisotopic (exact) mass is 265 g/mol. The van der Waals surface area contributed by atoms with Gasteiger partial charge in [0.25, 0.3) is 0 Å². The molecular formula is C13H15NO3S. The van der Waals surface area contributed by atoms with Crippen molar-refractivity contribution in [3.63, 3.8) is 0 Å². The van der Waals surface area contributed by atoms with Crippen molar-refractivity contribution in [3.8, 4) is 0 Å². The number of benzene rings is 1. The molecule has 2 rings (SSSR count). The number of thioether (sulfide) groups is 1.